The second kappa shape index (κ2) is 7.27. The number of hydrogen-bond acceptors (Lipinski definition) is 6. The third kappa shape index (κ3) is 3.80. The summed E-state index contributed by atoms with van der Waals surface area (Å²) in [5.74, 6) is 0.588. The topological polar surface area (TPSA) is 74.5 Å². The molecule has 7 heteroatoms. The third-order valence-electron chi connectivity index (χ3n) is 4.28. The molecule has 2 aromatic rings. The van der Waals surface area contributed by atoms with E-state index < -0.39 is 4.92 Å². The van der Waals surface area contributed by atoms with Crippen LogP contribution in [0, 0.1) is 10.1 Å². The van der Waals surface area contributed by atoms with Gasteiger partial charge in [-0.05, 0) is 36.9 Å². The van der Waals surface area contributed by atoms with E-state index in [4.69, 9.17) is 0 Å². The molecule has 1 aromatic carbocycles. The highest BCUT2D eigenvalue weighted by Gasteiger charge is 2.15. The first-order valence-electron chi connectivity index (χ1n) is 8.10. The fraction of sp³-hybridized carbons (Fsp3) is 0.353. The van der Waals surface area contributed by atoms with Gasteiger partial charge in [-0.25, -0.2) is 4.98 Å². The molecule has 1 saturated heterocycles. The molecule has 0 radical (unpaired) electrons. The maximum atomic E-state index is 10.6. The second-order valence-electron chi connectivity index (χ2n) is 5.75. The molecule has 1 aromatic heterocycles. The molecular weight excluding hydrogens is 306 g/mol. The Bertz CT molecular complexity index is 679. The largest absolute Gasteiger partial charge is 0.369 e. The molecule has 0 unspecified atom stereocenters. The molecule has 1 aliphatic rings. The van der Waals surface area contributed by atoms with Crippen molar-refractivity contribution in [3.8, 4) is 0 Å². The minimum Gasteiger partial charge on any atom is -0.369 e. The van der Waals surface area contributed by atoms with Crippen LogP contribution in [0.4, 0.5) is 22.9 Å². The summed E-state index contributed by atoms with van der Waals surface area (Å²) in [6.07, 6.45) is 1.25. The fourth-order valence-electron chi connectivity index (χ4n) is 2.79. The van der Waals surface area contributed by atoms with E-state index in [1.165, 1.54) is 18.0 Å². The summed E-state index contributed by atoms with van der Waals surface area (Å²) in [6.45, 7) is 7.60. The Labute approximate surface area is 141 Å². The van der Waals surface area contributed by atoms with Gasteiger partial charge in [0.2, 0.25) is 0 Å². The van der Waals surface area contributed by atoms with Crippen LogP contribution < -0.4 is 10.2 Å². The van der Waals surface area contributed by atoms with Crippen LogP contribution in [0.1, 0.15) is 6.92 Å². The van der Waals surface area contributed by atoms with Gasteiger partial charge in [0, 0.05) is 43.6 Å². The first-order valence-corrected chi connectivity index (χ1v) is 8.10. The number of pyridine rings is 1. The third-order valence-corrected chi connectivity index (χ3v) is 4.28. The van der Waals surface area contributed by atoms with E-state index in [9.17, 15) is 10.1 Å². The Balaban J connectivity index is 1.61. The van der Waals surface area contributed by atoms with Crippen LogP contribution in [0.3, 0.4) is 0 Å². The van der Waals surface area contributed by atoms with E-state index >= 15 is 0 Å². The summed E-state index contributed by atoms with van der Waals surface area (Å²) < 4.78 is 0. The van der Waals surface area contributed by atoms with E-state index in [0.29, 0.717) is 5.82 Å². The molecule has 7 nitrogen and oxygen atoms in total. The van der Waals surface area contributed by atoms with Crippen molar-refractivity contribution in [2.75, 3.05) is 42.9 Å². The minimum atomic E-state index is -0.455. The van der Waals surface area contributed by atoms with Gasteiger partial charge in [-0.2, -0.15) is 0 Å². The standard InChI is InChI=1S/C17H21N5O2/c1-2-20-9-11-21(12-10-20)15-5-3-14(4-6-15)19-17-8-7-16(13-18-17)22(23)24/h3-8,13H,2,9-12H2,1H3,(H,18,19). The van der Waals surface area contributed by atoms with Crippen LogP contribution in [0.15, 0.2) is 42.6 Å². The highest BCUT2D eigenvalue weighted by Crippen LogP contribution is 2.22. The lowest BCUT2D eigenvalue weighted by Crippen LogP contribution is -2.46. The molecule has 1 N–H and O–H groups in total. The number of nitrogens with zero attached hydrogens (tertiary/aromatic N) is 4. The van der Waals surface area contributed by atoms with Crippen molar-refractivity contribution in [3.05, 3.63) is 52.7 Å². The molecule has 2 heterocycles. The zero-order chi connectivity index (χ0) is 16.9. The van der Waals surface area contributed by atoms with E-state index in [-0.39, 0.29) is 5.69 Å². The summed E-state index contributed by atoms with van der Waals surface area (Å²) in [6, 6.07) is 11.2. The Hall–Kier alpha value is -2.67. The van der Waals surface area contributed by atoms with Crippen molar-refractivity contribution in [2.24, 2.45) is 0 Å². The minimum absolute atomic E-state index is 0.0119. The average molecular weight is 327 g/mol. The molecule has 3 rings (SSSR count). The predicted octanol–water partition coefficient (Wildman–Crippen LogP) is 2.88. The number of piperazine rings is 1. The van der Waals surface area contributed by atoms with Crippen molar-refractivity contribution in [1.82, 2.24) is 9.88 Å². The summed E-state index contributed by atoms with van der Waals surface area (Å²) >= 11 is 0. The van der Waals surface area contributed by atoms with Crippen molar-refractivity contribution in [3.63, 3.8) is 0 Å². The van der Waals surface area contributed by atoms with Gasteiger partial charge in [0.25, 0.3) is 5.69 Å². The number of anilines is 3. The van der Waals surface area contributed by atoms with Crippen LogP contribution in [0.5, 0.6) is 0 Å². The molecular formula is C17H21N5O2. The Morgan fingerprint density at radius 1 is 1.12 bits per heavy atom. The molecule has 0 saturated carbocycles. The monoisotopic (exact) mass is 327 g/mol. The van der Waals surface area contributed by atoms with Crippen LogP contribution in [-0.2, 0) is 0 Å². The lowest BCUT2D eigenvalue weighted by atomic mass is 10.2. The van der Waals surface area contributed by atoms with Gasteiger partial charge in [0.15, 0.2) is 0 Å². The quantitative estimate of drug-likeness (QED) is 0.672. The first-order chi connectivity index (χ1) is 11.7. The Morgan fingerprint density at radius 2 is 1.83 bits per heavy atom. The van der Waals surface area contributed by atoms with Crippen LogP contribution in [0.2, 0.25) is 0 Å². The Morgan fingerprint density at radius 3 is 2.38 bits per heavy atom. The van der Waals surface area contributed by atoms with Gasteiger partial charge in [-0.15, -0.1) is 0 Å². The normalized spacial score (nSPS) is 15.3. The maximum Gasteiger partial charge on any atom is 0.287 e. The van der Waals surface area contributed by atoms with Gasteiger partial charge in [-0.3, -0.25) is 10.1 Å². The molecule has 1 aliphatic heterocycles. The van der Waals surface area contributed by atoms with E-state index in [1.54, 1.807) is 6.07 Å². The van der Waals surface area contributed by atoms with Gasteiger partial charge >= 0.3 is 0 Å². The van der Waals surface area contributed by atoms with Crippen LogP contribution >= 0.6 is 0 Å². The highest BCUT2D eigenvalue weighted by atomic mass is 16.6. The predicted molar refractivity (Wildman–Crippen MR) is 94.9 cm³/mol. The van der Waals surface area contributed by atoms with Crippen molar-refractivity contribution >= 4 is 22.9 Å². The molecule has 0 spiro atoms. The first kappa shape index (κ1) is 16.2. The fourth-order valence-corrected chi connectivity index (χ4v) is 2.79. The maximum absolute atomic E-state index is 10.6. The number of aromatic nitrogens is 1. The zero-order valence-electron chi connectivity index (χ0n) is 13.7. The van der Waals surface area contributed by atoms with Crippen LogP contribution in [-0.4, -0.2) is 47.5 Å². The summed E-state index contributed by atoms with van der Waals surface area (Å²) in [4.78, 5) is 19.1. The average Bonchev–Trinajstić information content (AvgIpc) is 2.63. The number of likely N-dealkylation sites (N-methyl/N-ethyl adjacent to an activating group) is 1. The van der Waals surface area contributed by atoms with E-state index in [2.05, 4.69) is 39.2 Å². The summed E-state index contributed by atoms with van der Waals surface area (Å²) in [7, 11) is 0. The van der Waals surface area contributed by atoms with Gasteiger partial charge in [0.1, 0.15) is 12.0 Å². The van der Waals surface area contributed by atoms with Crippen molar-refractivity contribution < 1.29 is 4.92 Å². The van der Waals surface area contributed by atoms with Gasteiger partial charge in [0.05, 0.1) is 4.92 Å². The Kier molecular flexibility index (Phi) is 4.90. The molecule has 24 heavy (non-hydrogen) atoms. The zero-order valence-corrected chi connectivity index (χ0v) is 13.7. The number of rotatable bonds is 5. The molecule has 126 valence electrons. The molecule has 0 bridgehead atoms. The van der Waals surface area contributed by atoms with E-state index in [0.717, 1.165) is 38.4 Å². The van der Waals surface area contributed by atoms with Crippen molar-refractivity contribution in [2.45, 2.75) is 6.92 Å². The molecule has 1 fully saturated rings. The van der Waals surface area contributed by atoms with Gasteiger partial charge in [-0.1, -0.05) is 6.92 Å². The molecule has 0 atom stereocenters. The lowest BCUT2D eigenvalue weighted by molar-refractivity contribution is -0.385. The summed E-state index contributed by atoms with van der Waals surface area (Å²) in [5.41, 5.74) is 2.11. The number of nitrogens with one attached hydrogen (secondary N) is 1. The van der Waals surface area contributed by atoms with Crippen molar-refractivity contribution in [1.29, 1.82) is 0 Å². The smallest absolute Gasteiger partial charge is 0.287 e. The lowest BCUT2D eigenvalue weighted by Gasteiger charge is -2.35. The second-order valence-corrected chi connectivity index (χ2v) is 5.75. The van der Waals surface area contributed by atoms with Gasteiger partial charge < -0.3 is 15.1 Å². The SMILES string of the molecule is CCN1CCN(c2ccc(Nc3ccc([N+](=O)[O-])cn3)cc2)CC1. The van der Waals surface area contributed by atoms with E-state index in [1.807, 2.05) is 12.1 Å². The molecule has 0 aliphatic carbocycles. The number of nitro groups is 1. The summed E-state index contributed by atoms with van der Waals surface area (Å²) in [5, 5.41) is 13.8. The highest BCUT2D eigenvalue weighted by molar-refractivity contribution is 5.61. The number of hydrogen-bond donors (Lipinski definition) is 1. The number of benzene rings is 1. The van der Waals surface area contributed by atoms with Crippen LogP contribution in [0.25, 0.3) is 0 Å². The molecule has 0 amide bonds.